The standard InChI is InChI=1S/C30H29N5O5S.C2H6/c1-39-18-14-24(36)34-16-12-19(13-17-34)32-28(37)27-26-25-23(11-15-31-29(25)41-27)35(30(38)33-26)20-7-9-22(10-8-20)40-21-5-3-2-4-6-21;1-2/h2-11,15,19H,12-14,16-18H2,1H3,(H,32,37)(H,33,38);1-2H3. The van der Waals surface area contributed by atoms with Crippen LogP contribution in [0.25, 0.3) is 10.2 Å². The van der Waals surface area contributed by atoms with Crippen LogP contribution < -0.4 is 20.3 Å². The summed E-state index contributed by atoms with van der Waals surface area (Å²) in [7, 11) is 1.58. The van der Waals surface area contributed by atoms with Gasteiger partial charge in [-0.25, -0.2) is 9.78 Å². The highest BCUT2D eigenvalue weighted by Crippen LogP contribution is 2.46. The van der Waals surface area contributed by atoms with Crippen molar-refractivity contribution in [1.29, 1.82) is 0 Å². The summed E-state index contributed by atoms with van der Waals surface area (Å²) in [6, 6.07) is 18.1. The zero-order chi connectivity index (χ0) is 30.3. The van der Waals surface area contributed by atoms with Crippen molar-refractivity contribution in [3.63, 3.8) is 0 Å². The van der Waals surface area contributed by atoms with E-state index in [9.17, 15) is 14.4 Å². The van der Waals surface area contributed by atoms with Crippen LogP contribution in [0, 0.1) is 0 Å². The minimum atomic E-state index is -0.364. The third-order valence-corrected chi connectivity index (χ3v) is 8.33. The molecular weight excluding hydrogens is 566 g/mol. The topological polar surface area (TPSA) is 113 Å². The second kappa shape index (κ2) is 13.7. The number of para-hydroxylation sites is 1. The predicted octanol–water partition coefficient (Wildman–Crippen LogP) is 6.56. The summed E-state index contributed by atoms with van der Waals surface area (Å²) in [6.07, 6.45) is 3.33. The highest BCUT2D eigenvalue weighted by atomic mass is 32.1. The van der Waals surface area contributed by atoms with Crippen molar-refractivity contribution in [2.45, 2.75) is 39.2 Å². The molecule has 1 saturated heterocycles. The maximum atomic E-state index is 13.4. The minimum Gasteiger partial charge on any atom is -0.457 e. The molecule has 0 radical (unpaired) electrons. The Bertz CT molecular complexity index is 1580. The SMILES string of the molecule is CC.COCCC(=O)N1CCC(NC(=O)c2sc3nccc4c3c2NC(=O)N4c2ccc(Oc3ccccc3)cc2)CC1. The molecule has 43 heavy (non-hydrogen) atoms. The summed E-state index contributed by atoms with van der Waals surface area (Å²) in [4.78, 5) is 48.0. The molecule has 0 spiro atoms. The monoisotopic (exact) mass is 601 g/mol. The Balaban J connectivity index is 0.00000180. The molecule has 0 unspecified atom stereocenters. The Kier molecular flexibility index (Phi) is 9.53. The van der Waals surface area contributed by atoms with E-state index in [0.717, 1.165) is 11.1 Å². The van der Waals surface area contributed by atoms with Gasteiger partial charge in [-0.3, -0.25) is 14.5 Å². The smallest absolute Gasteiger partial charge is 0.331 e. The highest BCUT2D eigenvalue weighted by Gasteiger charge is 2.33. The number of likely N-dealkylation sites (tertiary alicyclic amines) is 1. The molecule has 0 atom stereocenters. The Labute approximate surface area is 254 Å². The van der Waals surface area contributed by atoms with Gasteiger partial charge in [-0.05, 0) is 55.3 Å². The van der Waals surface area contributed by atoms with Gasteiger partial charge in [-0.15, -0.1) is 11.3 Å². The first-order chi connectivity index (χ1) is 21.0. The molecule has 11 heteroatoms. The number of nitrogens with zero attached hydrogens (tertiary/aromatic N) is 3. The molecule has 2 aliphatic rings. The second-order valence-electron chi connectivity index (χ2n) is 9.86. The lowest BCUT2D eigenvalue weighted by atomic mass is 10.0. The summed E-state index contributed by atoms with van der Waals surface area (Å²) in [5, 5.41) is 6.77. The molecular formula is C32H35N5O5S. The summed E-state index contributed by atoms with van der Waals surface area (Å²) in [5.41, 5.74) is 1.79. The number of nitrogens with one attached hydrogen (secondary N) is 2. The maximum absolute atomic E-state index is 13.4. The summed E-state index contributed by atoms with van der Waals surface area (Å²) < 4.78 is 10.9. The maximum Gasteiger partial charge on any atom is 0.331 e. The number of thiophene rings is 1. The Morgan fingerprint density at radius 2 is 1.72 bits per heavy atom. The average Bonchev–Trinajstić information content (AvgIpc) is 3.42. The van der Waals surface area contributed by atoms with Gasteiger partial charge in [-0.2, -0.15) is 0 Å². The number of amides is 4. The Morgan fingerprint density at radius 1 is 1.02 bits per heavy atom. The first kappa shape index (κ1) is 30.0. The van der Waals surface area contributed by atoms with Gasteiger partial charge in [0.15, 0.2) is 0 Å². The number of pyridine rings is 1. The first-order valence-corrected chi connectivity index (χ1v) is 15.3. The van der Waals surface area contributed by atoms with Crippen molar-refractivity contribution in [3.8, 4) is 11.5 Å². The molecule has 2 N–H and O–H groups in total. The van der Waals surface area contributed by atoms with Crippen LogP contribution in [0.4, 0.5) is 21.9 Å². The quantitative estimate of drug-likeness (QED) is 0.237. The fourth-order valence-electron chi connectivity index (χ4n) is 5.16. The Morgan fingerprint density at radius 3 is 2.42 bits per heavy atom. The van der Waals surface area contributed by atoms with Crippen LogP contribution in [0.15, 0.2) is 66.9 Å². The van der Waals surface area contributed by atoms with Crippen LogP contribution in [0.3, 0.4) is 0 Å². The van der Waals surface area contributed by atoms with E-state index in [4.69, 9.17) is 9.47 Å². The van der Waals surface area contributed by atoms with Gasteiger partial charge in [0.1, 0.15) is 21.2 Å². The highest BCUT2D eigenvalue weighted by molar-refractivity contribution is 7.21. The summed E-state index contributed by atoms with van der Waals surface area (Å²) >= 11 is 1.25. The molecule has 0 saturated carbocycles. The molecule has 2 aliphatic heterocycles. The zero-order valence-electron chi connectivity index (χ0n) is 24.5. The fraction of sp³-hybridized carbons (Fsp3) is 0.312. The molecule has 224 valence electrons. The van der Waals surface area contributed by atoms with Gasteiger partial charge in [0, 0.05) is 32.4 Å². The van der Waals surface area contributed by atoms with Gasteiger partial charge >= 0.3 is 6.03 Å². The number of aromatic nitrogens is 1. The van der Waals surface area contributed by atoms with Crippen LogP contribution in [0.5, 0.6) is 11.5 Å². The fourth-order valence-corrected chi connectivity index (χ4v) is 6.18. The Hall–Kier alpha value is -4.48. The van der Waals surface area contributed by atoms with Crippen LogP contribution in [0.1, 0.15) is 42.8 Å². The zero-order valence-corrected chi connectivity index (χ0v) is 25.3. The van der Waals surface area contributed by atoms with E-state index in [1.54, 1.807) is 24.3 Å². The van der Waals surface area contributed by atoms with Gasteiger partial charge in [0.2, 0.25) is 5.91 Å². The van der Waals surface area contributed by atoms with Gasteiger partial charge in [0.05, 0.1) is 35.5 Å². The molecule has 4 amide bonds. The van der Waals surface area contributed by atoms with E-state index in [1.807, 2.05) is 73.3 Å². The van der Waals surface area contributed by atoms with Crippen LogP contribution in [-0.4, -0.2) is 60.6 Å². The third-order valence-electron chi connectivity index (χ3n) is 7.23. The van der Waals surface area contributed by atoms with E-state index in [-0.39, 0.29) is 23.9 Å². The van der Waals surface area contributed by atoms with Gasteiger partial charge in [0.25, 0.3) is 5.91 Å². The molecule has 4 aromatic rings. The predicted molar refractivity (Wildman–Crippen MR) is 169 cm³/mol. The lowest BCUT2D eigenvalue weighted by Gasteiger charge is -2.32. The molecule has 1 fully saturated rings. The normalized spacial score (nSPS) is 14.5. The third kappa shape index (κ3) is 6.47. The molecule has 0 bridgehead atoms. The minimum absolute atomic E-state index is 0.0637. The molecule has 2 aromatic carbocycles. The largest absolute Gasteiger partial charge is 0.457 e. The number of rotatable bonds is 8. The van der Waals surface area contributed by atoms with Crippen molar-refractivity contribution in [1.82, 2.24) is 15.2 Å². The number of piperidine rings is 1. The number of urea groups is 1. The molecule has 4 heterocycles. The average molecular weight is 602 g/mol. The number of carbonyl (C=O) groups excluding carboxylic acids is 3. The van der Waals surface area contributed by atoms with Crippen LogP contribution >= 0.6 is 11.3 Å². The van der Waals surface area contributed by atoms with E-state index >= 15 is 0 Å². The van der Waals surface area contributed by atoms with E-state index in [2.05, 4.69) is 15.6 Å². The van der Waals surface area contributed by atoms with E-state index in [1.165, 1.54) is 11.3 Å². The number of methoxy groups -OCH3 is 1. The van der Waals surface area contributed by atoms with Crippen molar-refractivity contribution >= 4 is 56.5 Å². The van der Waals surface area contributed by atoms with Gasteiger partial charge in [-0.1, -0.05) is 32.0 Å². The van der Waals surface area contributed by atoms with Crippen molar-refractivity contribution < 1.29 is 23.9 Å². The van der Waals surface area contributed by atoms with Crippen molar-refractivity contribution in [2.75, 3.05) is 37.0 Å². The van der Waals surface area contributed by atoms with Crippen LogP contribution in [-0.2, 0) is 9.53 Å². The summed E-state index contributed by atoms with van der Waals surface area (Å²) in [5.74, 6) is 1.18. The first-order valence-electron chi connectivity index (χ1n) is 14.4. The van der Waals surface area contributed by atoms with Crippen molar-refractivity contribution in [2.24, 2.45) is 0 Å². The summed E-state index contributed by atoms with van der Waals surface area (Å²) in [6.45, 7) is 5.57. The van der Waals surface area contributed by atoms with Crippen molar-refractivity contribution in [3.05, 3.63) is 71.7 Å². The van der Waals surface area contributed by atoms with Gasteiger partial charge < -0.3 is 25.0 Å². The molecule has 10 nitrogen and oxygen atoms in total. The number of benzene rings is 2. The van der Waals surface area contributed by atoms with E-state index in [0.29, 0.717) is 71.5 Å². The molecule has 0 aliphatic carbocycles. The number of carbonyl (C=O) groups is 3. The number of hydrogen-bond donors (Lipinski definition) is 2. The van der Waals surface area contributed by atoms with Crippen LogP contribution in [0.2, 0.25) is 0 Å². The number of ether oxygens (including phenoxy) is 2. The second-order valence-corrected chi connectivity index (χ2v) is 10.9. The molecule has 6 rings (SSSR count). The van der Waals surface area contributed by atoms with E-state index < -0.39 is 0 Å². The lowest BCUT2D eigenvalue weighted by Crippen LogP contribution is -2.46. The number of hydrogen-bond acceptors (Lipinski definition) is 7. The number of anilines is 3. The molecule has 2 aromatic heterocycles. The lowest BCUT2D eigenvalue weighted by molar-refractivity contribution is -0.133.